The highest BCUT2D eigenvalue weighted by Crippen LogP contribution is 2.22. The van der Waals surface area contributed by atoms with Crippen molar-refractivity contribution in [1.29, 1.82) is 0 Å². The Morgan fingerprint density at radius 3 is 3.00 bits per heavy atom. The lowest BCUT2D eigenvalue weighted by Crippen LogP contribution is -2.41. The van der Waals surface area contributed by atoms with Gasteiger partial charge in [0.25, 0.3) is 11.8 Å². The summed E-state index contributed by atoms with van der Waals surface area (Å²) in [6, 6.07) is 0.141. The Labute approximate surface area is 139 Å². The van der Waals surface area contributed by atoms with E-state index in [0.717, 1.165) is 30.0 Å². The van der Waals surface area contributed by atoms with Gasteiger partial charge < -0.3 is 15.4 Å². The predicted octanol–water partition coefficient (Wildman–Crippen LogP) is 0.0608. The molecule has 0 aromatic carbocycles. The molecule has 0 spiro atoms. The highest BCUT2D eigenvalue weighted by molar-refractivity contribution is 5.93. The molecule has 0 bridgehead atoms. The van der Waals surface area contributed by atoms with Gasteiger partial charge in [0.2, 0.25) is 0 Å². The maximum absolute atomic E-state index is 13.7. The summed E-state index contributed by atoms with van der Waals surface area (Å²) in [5.41, 5.74) is 6.88. The summed E-state index contributed by atoms with van der Waals surface area (Å²) in [6.45, 7) is 1.11. The fourth-order valence-corrected chi connectivity index (χ4v) is 3.20. The number of hydrogen-bond acceptors (Lipinski definition) is 5. The fourth-order valence-electron chi connectivity index (χ4n) is 3.20. The molecule has 0 saturated carbocycles. The normalized spacial score (nSPS) is 25.0. The van der Waals surface area contributed by atoms with E-state index in [9.17, 15) is 13.6 Å². The molecule has 1 unspecified atom stereocenters. The highest BCUT2D eigenvalue weighted by Gasteiger charge is 2.37. The number of amides is 1. The highest BCUT2D eigenvalue weighted by atomic mass is 19.3. The number of carbonyl (C=O) groups is 1. The molecule has 3 heterocycles. The lowest BCUT2D eigenvalue weighted by molar-refractivity contribution is -0.0661. The number of nitrogens with zero attached hydrogens (tertiary/aromatic N) is 4. The first kappa shape index (κ1) is 17.2. The number of nitrogens with two attached hydrogens (primary N) is 1. The first-order valence-electron chi connectivity index (χ1n) is 8.09. The van der Waals surface area contributed by atoms with Crippen molar-refractivity contribution in [3.8, 4) is 0 Å². The van der Waals surface area contributed by atoms with Gasteiger partial charge in [-0.05, 0) is 6.42 Å². The molecule has 2 fully saturated rings. The molecule has 9 heteroatoms. The number of hydrogen-bond donors (Lipinski definition) is 1. The monoisotopic (exact) mass is 343 g/mol. The fraction of sp³-hybridized carbons (Fsp3) is 0.733. The third-order valence-corrected chi connectivity index (χ3v) is 4.34. The zero-order valence-corrected chi connectivity index (χ0v) is 13.8. The Hall–Kier alpha value is -1.58. The molecule has 7 nitrogen and oxygen atoms in total. The van der Waals surface area contributed by atoms with Gasteiger partial charge in [-0.25, -0.2) is 8.78 Å². The molecule has 1 aromatic heterocycles. The van der Waals surface area contributed by atoms with Crippen LogP contribution in [0.15, 0.2) is 6.20 Å². The van der Waals surface area contributed by atoms with Gasteiger partial charge in [0.15, 0.2) is 5.69 Å². The number of aryl methyl sites for hydroxylation is 1. The van der Waals surface area contributed by atoms with Gasteiger partial charge in [0.05, 0.1) is 13.2 Å². The van der Waals surface area contributed by atoms with E-state index >= 15 is 0 Å². The van der Waals surface area contributed by atoms with Crippen molar-refractivity contribution in [3.63, 3.8) is 0 Å². The van der Waals surface area contributed by atoms with Crippen LogP contribution in [0.1, 0.15) is 22.5 Å². The van der Waals surface area contributed by atoms with Crippen LogP contribution in [-0.2, 0) is 18.3 Å². The molecule has 1 atom stereocenters. The minimum Gasteiger partial charge on any atom is -0.373 e. The van der Waals surface area contributed by atoms with Gasteiger partial charge >= 0.3 is 0 Å². The second-order valence-corrected chi connectivity index (χ2v) is 6.60. The Morgan fingerprint density at radius 2 is 2.29 bits per heavy atom. The van der Waals surface area contributed by atoms with Crippen LogP contribution in [0, 0.1) is 0 Å². The molecule has 2 aliphatic heterocycles. The van der Waals surface area contributed by atoms with Crippen molar-refractivity contribution in [2.24, 2.45) is 12.8 Å². The van der Waals surface area contributed by atoms with E-state index in [0.29, 0.717) is 6.54 Å². The van der Waals surface area contributed by atoms with Crippen molar-refractivity contribution < 1.29 is 18.3 Å². The largest absolute Gasteiger partial charge is 0.373 e. The Morgan fingerprint density at radius 1 is 1.50 bits per heavy atom. The number of aromatic nitrogens is 2. The summed E-state index contributed by atoms with van der Waals surface area (Å²) in [5.74, 6) is -3.51. The smallest absolute Gasteiger partial charge is 0.288 e. The van der Waals surface area contributed by atoms with Gasteiger partial charge in [-0.1, -0.05) is 0 Å². The molecule has 2 N–H and O–H groups in total. The molecule has 0 aliphatic carbocycles. The Bertz CT molecular complexity index is 607. The third-order valence-electron chi connectivity index (χ3n) is 4.34. The standard InChI is InChI=1S/C15H23F2N5O2/c1-20-6-11(7-21-3-2-12(18)8-21)13(19-20)14(23)22-4-5-24-10-15(16,17)9-22/h6,12H,2-5,7-10,18H2,1H3. The second kappa shape index (κ2) is 6.73. The predicted molar refractivity (Wildman–Crippen MR) is 82.7 cm³/mol. The van der Waals surface area contributed by atoms with E-state index in [1.165, 1.54) is 0 Å². The van der Waals surface area contributed by atoms with Crippen LogP contribution in [-0.4, -0.2) is 76.8 Å². The molecule has 134 valence electrons. The maximum atomic E-state index is 13.7. The molecule has 1 amide bonds. The van der Waals surface area contributed by atoms with Gasteiger partial charge in [0.1, 0.15) is 6.61 Å². The van der Waals surface area contributed by atoms with Crippen molar-refractivity contribution >= 4 is 5.91 Å². The number of ether oxygens (including phenoxy) is 1. The van der Waals surface area contributed by atoms with Crippen LogP contribution in [0.3, 0.4) is 0 Å². The molecule has 0 radical (unpaired) electrons. The first-order valence-corrected chi connectivity index (χ1v) is 8.09. The summed E-state index contributed by atoms with van der Waals surface area (Å²) >= 11 is 0. The van der Waals surface area contributed by atoms with E-state index in [1.807, 2.05) is 0 Å². The maximum Gasteiger partial charge on any atom is 0.288 e. The molecular weight excluding hydrogens is 320 g/mol. The van der Waals surface area contributed by atoms with Gasteiger partial charge in [0, 0.05) is 51.0 Å². The van der Waals surface area contributed by atoms with Gasteiger partial charge in [-0.2, -0.15) is 5.10 Å². The van der Waals surface area contributed by atoms with Crippen LogP contribution in [0.5, 0.6) is 0 Å². The van der Waals surface area contributed by atoms with E-state index in [-0.39, 0.29) is 24.9 Å². The zero-order valence-electron chi connectivity index (χ0n) is 13.8. The Kier molecular flexibility index (Phi) is 4.84. The summed E-state index contributed by atoms with van der Waals surface area (Å²) < 4.78 is 33.8. The number of rotatable bonds is 3. The quantitative estimate of drug-likeness (QED) is 0.840. The SMILES string of the molecule is Cn1cc(CN2CCC(N)C2)c(C(=O)N2CCOCC(F)(F)C2)n1. The minimum absolute atomic E-state index is 0.102. The number of alkyl halides is 2. The van der Waals surface area contributed by atoms with Crippen molar-refractivity contribution in [2.75, 3.05) is 39.4 Å². The summed E-state index contributed by atoms with van der Waals surface area (Å²) in [4.78, 5) is 16.0. The molecule has 1 aromatic rings. The molecule has 3 rings (SSSR count). The van der Waals surface area contributed by atoms with Crippen LogP contribution >= 0.6 is 0 Å². The van der Waals surface area contributed by atoms with Crippen LogP contribution in [0.25, 0.3) is 0 Å². The van der Waals surface area contributed by atoms with Crippen molar-refractivity contribution in [3.05, 3.63) is 17.5 Å². The van der Waals surface area contributed by atoms with E-state index in [4.69, 9.17) is 10.5 Å². The minimum atomic E-state index is -3.04. The van der Waals surface area contributed by atoms with E-state index < -0.39 is 25.0 Å². The van der Waals surface area contributed by atoms with Crippen molar-refractivity contribution in [2.45, 2.75) is 24.9 Å². The molecular formula is C15H23F2N5O2. The van der Waals surface area contributed by atoms with E-state index in [1.54, 1.807) is 17.9 Å². The number of halogens is 2. The van der Waals surface area contributed by atoms with Crippen molar-refractivity contribution in [1.82, 2.24) is 19.6 Å². The van der Waals surface area contributed by atoms with Crippen LogP contribution in [0.2, 0.25) is 0 Å². The molecule has 2 saturated heterocycles. The average molecular weight is 343 g/mol. The first-order chi connectivity index (χ1) is 11.3. The lowest BCUT2D eigenvalue weighted by Gasteiger charge is -2.23. The van der Waals surface area contributed by atoms with E-state index in [2.05, 4.69) is 10.00 Å². The summed E-state index contributed by atoms with van der Waals surface area (Å²) in [6.07, 6.45) is 2.68. The molecule has 2 aliphatic rings. The summed E-state index contributed by atoms with van der Waals surface area (Å²) in [5, 5.41) is 4.21. The average Bonchev–Trinajstić information content (AvgIpc) is 3.01. The second-order valence-electron chi connectivity index (χ2n) is 6.60. The van der Waals surface area contributed by atoms with Crippen LogP contribution < -0.4 is 5.73 Å². The van der Waals surface area contributed by atoms with Gasteiger partial charge in [-0.15, -0.1) is 0 Å². The number of carbonyl (C=O) groups excluding carboxylic acids is 1. The van der Waals surface area contributed by atoms with Crippen LogP contribution in [0.4, 0.5) is 8.78 Å². The molecule has 24 heavy (non-hydrogen) atoms. The van der Waals surface area contributed by atoms with Gasteiger partial charge in [-0.3, -0.25) is 14.4 Å². The summed E-state index contributed by atoms with van der Waals surface area (Å²) in [7, 11) is 1.72. The third kappa shape index (κ3) is 3.90. The Balaban J connectivity index is 1.76. The number of likely N-dealkylation sites (tertiary alicyclic amines) is 1. The topological polar surface area (TPSA) is 76.6 Å². The lowest BCUT2D eigenvalue weighted by atomic mass is 10.2. The zero-order chi connectivity index (χ0) is 17.3.